The van der Waals surface area contributed by atoms with Crippen LogP contribution in [0.4, 0.5) is 17.1 Å². The molecule has 0 saturated carbocycles. The van der Waals surface area contributed by atoms with Crippen LogP contribution in [0.15, 0.2) is 66.7 Å². The highest BCUT2D eigenvalue weighted by Gasteiger charge is 2.37. The molecule has 0 aromatic heterocycles. The van der Waals surface area contributed by atoms with Gasteiger partial charge in [-0.3, -0.25) is 19.2 Å². The van der Waals surface area contributed by atoms with E-state index in [-0.39, 0.29) is 22.6 Å². The number of hydrogen-bond donors (Lipinski definition) is 2. The van der Waals surface area contributed by atoms with E-state index in [0.717, 1.165) is 10.5 Å². The molecule has 0 spiro atoms. The molecular formula is C27H23N3O6. The van der Waals surface area contributed by atoms with E-state index >= 15 is 0 Å². The van der Waals surface area contributed by atoms with Crippen molar-refractivity contribution in [1.82, 2.24) is 0 Å². The third-order valence-corrected chi connectivity index (χ3v) is 5.54. The smallest absolute Gasteiger partial charge is 0.338 e. The molecule has 3 aromatic carbocycles. The Hall–Kier alpha value is -4.79. The van der Waals surface area contributed by atoms with Gasteiger partial charge >= 0.3 is 5.97 Å². The molecule has 4 amide bonds. The Bertz CT molecular complexity index is 1380. The Morgan fingerprint density at radius 1 is 0.806 bits per heavy atom. The first-order valence-electron chi connectivity index (χ1n) is 11.1. The van der Waals surface area contributed by atoms with Crippen LogP contribution in [-0.4, -0.2) is 35.7 Å². The normalized spacial score (nSPS) is 13.1. The molecule has 1 heterocycles. The fourth-order valence-electron chi connectivity index (χ4n) is 3.66. The van der Waals surface area contributed by atoms with Crippen molar-refractivity contribution < 1.29 is 28.7 Å². The summed E-state index contributed by atoms with van der Waals surface area (Å²) < 4.78 is 5.28. The van der Waals surface area contributed by atoms with Crippen molar-refractivity contribution in [3.63, 3.8) is 0 Å². The number of esters is 1. The van der Waals surface area contributed by atoms with Gasteiger partial charge in [0.25, 0.3) is 17.7 Å². The van der Waals surface area contributed by atoms with Crippen LogP contribution in [0.2, 0.25) is 0 Å². The third-order valence-electron chi connectivity index (χ3n) is 5.54. The van der Waals surface area contributed by atoms with Gasteiger partial charge in [0.15, 0.2) is 6.10 Å². The number of carbonyl (C=O) groups excluding carboxylic acids is 5. The number of amides is 4. The van der Waals surface area contributed by atoms with Crippen LogP contribution in [0.3, 0.4) is 0 Å². The molecule has 0 aliphatic carbocycles. The first kappa shape index (κ1) is 24.3. The van der Waals surface area contributed by atoms with Crippen LogP contribution < -0.4 is 15.5 Å². The van der Waals surface area contributed by atoms with E-state index in [9.17, 15) is 24.0 Å². The fourth-order valence-corrected chi connectivity index (χ4v) is 3.66. The van der Waals surface area contributed by atoms with Gasteiger partial charge in [0.1, 0.15) is 0 Å². The van der Waals surface area contributed by atoms with E-state index in [4.69, 9.17) is 4.74 Å². The van der Waals surface area contributed by atoms with E-state index in [1.54, 1.807) is 24.3 Å². The number of nitrogens with zero attached hydrogens (tertiary/aromatic N) is 1. The lowest BCUT2D eigenvalue weighted by Gasteiger charge is -2.14. The highest BCUT2D eigenvalue weighted by molar-refractivity contribution is 6.34. The molecule has 2 N–H and O–H groups in total. The van der Waals surface area contributed by atoms with Gasteiger partial charge < -0.3 is 15.4 Å². The summed E-state index contributed by atoms with van der Waals surface area (Å²) in [4.78, 5) is 63.2. The molecule has 3 aromatic rings. The fraction of sp³-hybridized carbons (Fsp3) is 0.148. The van der Waals surface area contributed by atoms with Gasteiger partial charge in [-0.05, 0) is 68.4 Å². The molecule has 1 aliphatic heterocycles. The number of anilines is 3. The molecular weight excluding hydrogens is 462 g/mol. The summed E-state index contributed by atoms with van der Waals surface area (Å²) in [5.41, 5.74) is 2.69. The Labute approximate surface area is 207 Å². The predicted octanol–water partition coefficient (Wildman–Crippen LogP) is 3.94. The van der Waals surface area contributed by atoms with Gasteiger partial charge in [-0.25, -0.2) is 9.69 Å². The highest BCUT2D eigenvalue weighted by atomic mass is 16.5. The summed E-state index contributed by atoms with van der Waals surface area (Å²) in [5, 5.41) is 5.29. The van der Waals surface area contributed by atoms with Crippen molar-refractivity contribution >= 4 is 46.7 Å². The van der Waals surface area contributed by atoms with Crippen molar-refractivity contribution in [1.29, 1.82) is 0 Å². The van der Waals surface area contributed by atoms with Crippen molar-refractivity contribution in [2.45, 2.75) is 26.9 Å². The zero-order chi connectivity index (χ0) is 26.0. The van der Waals surface area contributed by atoms with E-state index in [0.29, 0.717) is 17.1 Å². The summed E-state index contributed by atoms with van der Waals surface area (Å²) in [5.74, 6) is -2.68. The van der Waals surface area contributed by atoms with Gasteiger partial charge in [0.2, 0.25) is 5.91 Å². The number of fused-ring (bicyclic) bond motifs is 1. The number of hydrogen-bond acceptors (Lipinski definition) is 6. The summed E-state index contributed by atoms with van der Waals surface area (Å²) in [6.07, 6.45) is -1.09. The third kappa shape index (κ3) is 5.00. The van der Waals surface area contributed by atoms with E-state index in [1.165, 1.54) is 44.2 Å². The Balaban J connectivity index is 1.46. The molecule has 1 unspecified atom stereocenters. The lowest BCUT2D eigenvalue weighted by Crippen LogP contribution is -2.30. The Morgan fingerprint density at radius 3 is 2.03 bits per heavy atom. The maximum Gasteiger partial charge on any atom is 0.338 e. The molecule has 0 bridgehead atoms. The minimum Gasteiger partial charge on any atom is -0.449 e. The molecule has 4 rings (SSSR count). The maximum atomic E-state index is 13.0. The molecule has 0 fully saturated rings. The lowest BCUT2D eigenvalue weighted by molar-refractivity contribution is -0.123. The van der Waals surface area contributed by atoms with Crippen molar-refractivity contribution in [3.05, 3.63) is 89.0 Å². The van der Waals surface area contributed by atoms with Gasteiger partial charge in [-0.2, -0.15) is 0 Å². The van der Waals surface area contributed by atoms with Crippen LogP contribution in [0.5, 0.6) is 0 Å². The summed E-state index contributed by atoms with van der Waals surface area (Å²) in [6, 6.07) is 17.4. The van der Waals surface area contributed by atoms with E-state index < -0.39 is 29.8 Å². The van der Waals surface area contributed by atoms with Crippen LogP contribution in [-0.2, 0) is 14.3 Å². The quantitative estimate of drug-likeness (QED) is 0.403. The molecule has 9 nitrogen and oxygen atoms in total. The Morgan fingerprint density at radius 2 is 1.39 bits per heavy atom. The topological polar surface area (TPSA) is 122 Å². The Kier molecular flexibility index (Phi) is 6.64. The molecule has 36 heavy (non-hydrogen) atoms. The second-order valence-electron chi connectivity index (χ2n) is 8.34. The zero-order valence-electron chi connectivity index (χ0n) is 19.8. The molecule has 0 saturated heterocycles. The standard InChI is InChI=1S/C27H23N3O6/c1-15-4-7-20(8-5-15)29-24(32)16(2)36-27(35)18-6-13-22-23(14-18)26(34)30(25(22)33)21-11-9-19(10-12-21)28-17(3)31/h4-14,16H,1-3H3,(H,28,31)(H,29,32). The second kappa shape index (κ2) is 9.83. The predicted molar refractivity (Wildman–Crippen MR) is 133 cm³/mol. The number of ether oxygens (including phenoxy) is 1. The first-order chi connectivity index (χ1) is 17.1. The van der Waals surface area contributed by atoms with Crippen LogP contribution in [0.25, 0.3) is 0 Å². The number of imide groups is 1. The van der Waals surface area contributed by atoms with Gasteiger partial charge in [-0.15, -0.1) is 0 Å². The molecule has 0 radical (unpaired) electrons. The van der Waals surface area contributed by atoms with Gasteiger partial charge in [0, 0.05) is 18.3 Å². The van der Waals surface area contributed by atoms with Crippen molar-refractivity contribution in [2.75, 3.05) is 15.5 Å². The number of carbonyl (C=O) groups is 5. The van der Waals surface area contributed by atoms with E-state index in [1.807, 2.05) is 19.1 Å². The average Bonchev–Trinajstić information content (AvgIpc) is 3.10. The van der Waals surface area contributed by atoms with Crippen LogP contribution in [0.1, 0.15) is 50.5 Å². The zero-order valence-corrected chi connectivity index (χ0v) is 19.8. The number of rotatable bonds is 6. The van der Waals surface area contributed by atoms with Crippen LogP contribution >= 0.6 is 0 Å². The van der Waals surface area contributed by atoms with Crippen molar-refractivity contribution in [3.8, 4) is 0 Å². The minimum atomic E-state index is -1.09. The first-order valence-corrected chi connectivity index (χ1v) is 11.1. The lowest BCUT2D eigenvalue weighted by atomic mass is 10.1. The molecule has 1 aliphatic rings. The summed E-state index contributed by atoms with van der Waals surface area (Å²) in [6.45, 7) is 4.74. The summed E-state index contributed by atoms with van der Waals surface area (Å²) >= 11 is 0. The van der Waals surface area contributed by atoms with E-state index in [2.05, 4.69) is 10.6 Å². The van der Waals surface area contributed by atoms with Crippen LogP contribution in [0, 0.1) is 6.92 Å². The SMILES string of the molecule is CC(=O)Nc1ccc(N2C(=O)c3ccc(C(=O)OC(C)C(=O)Nc4ccc(C)cc4)cc3C2=O)cc1. The molecule has 9 heteroatoms. The number of aryl methyl sites for hydroxylation is 1. The molecule has 182 valence electrons. The molecule has 1 atom stereocenters. The van der Waals surface area contributed by atoms with Crippen molar-refractivity contribution in [2.24, 2.45) is 0 Å². The second-order valence-corrected chi connectivity index (χ2v) is 8.34. The largest absolute Gasteiger partial charge is 0.449 e. The number of nitrogens with one attached hydrogen (secondary N) is 2. The number of benzene rings is 3. The van der Waals surface area contributed by atoms with Gasteiger partial charge in [-0.1, -0.05) is 17.7 Å². The maximum absolute atomic E-state index is 13.0. The monoisotopic (exact) mass is 485 g/mol. The summed E-state index contributed by atoms with van der Waals surface area (Å²) in [7, 11) is 0. The highest BCUT2D eigenvalue weighted by Crippen LogP contribution is 2.30. The average molecular weight is 485 g/mol. The minimum absolute atomic E-state index is 0.0349. The van der Waals surface area contributed by atoms with Gasteiger partial charge in [0.05, 0.1) is 22.4 Å².